The smallest absolute Gasteiger partial charge is 0.337 e. The summed E-state index contributed by atoms with van der Waals surface area (Å²) < 4.78 is 15.4. The zero-order chi connectivity index (χ0) is 19.8. The molecule has 0 unspecified atom stereocenters. The van der Waals surface area contributed by atoms with Crippen LogP contribution in [0.15, 0.2) is 76.4 Å². The van der Waals surface area contributed by atoms with Crippen LogP contribution in [0.2, 0.25) is 0 Å². The molecule has 0 bridgehead atoms. The van der Waals surface area contributed by atoms with E-state index in [0.717, 1.165) is 11.1 Å². The normalized spacial score (nSPS) is 10.6. The maximum Gasteiger partial charge on any atom is 0.337 e. The van der Waals surface area contributed by atoms with Crippen molar-refractivity contribution in [3.63, 3.8) is 0 Å². The van der Waals surface area contributed by atoms with Crippen molar-refractivity contribution in [2.45, 2.75) is 6.61 Å². The number of carbonyl (C=O) groups excluding carboxylic acids is 2. The SMILES string of the molecule is COC(=O)c1ccc(COc2ccc(/C=N/NC(=O)c3ccco3)cc2)cc1. The Labute approximate surface area is 161 Å². The van der Waals surface area contributed by atoms with E-state index in [9.17, 15) is 9.59 Å². The molecule has 0 spiro atoms. The Balaban J connectivity index is 1.49. The van der Waals surface area contributed by atoms with E-state index in [2.05, 4.69) is 15.3 Å². The summed E-state index contributed by atoms with van der Waals surface area (Å²) in [5.74, 6) is 0.0961. The standard InChI is InChI=1S/C21H18N2O5/c1-26-21(25)17-8-4-16(5-9-17)14-28-18-10-6-15(7-11-18)13-22-23-20(24)19-3-2-12-27-19/h2-13H,14H2,1H3,(H,23,24)/b22-13+. The van der Waals surface area contributed by atoms with Crippen molar-refractivity contribution in [2.75, 3.05) is 7.11 Å². The van der Waals surface area contributed by atoms with E-state index in [0.29, 0.717) is 17.9 Å². The van der Waals surface area contributed by atoms with Gasteiger partial charge in [0.2, 0.25) is 0 Å². The van der Waals surface area contributed by atoms with Crippen molar-refractivity contribution in [3.05, 3.63) is 89.4 Å². The van der Waals surface area contributed by atoms with Crippen molar-refractivity contribution < 1.29 is 23.5 Å². The molecule has 0 saturated heterocycles. The van der Waals surface area contributed by atoms with Crippen molar-refractivity contribution >= 4 is 18.1 Å². The van der Waals surface area contributed by atoms with Crippen LogP contribution in [0.3, 0.4) is 0 Å². The molecule has 0 radical (unpaired) electrons. The molecule has 1 aromatic heterocycles. The highest BCUT2D eigenvalue weighted by Crippen LogP contribution is 2.14. The molecule has 2 aromatic carbocycles. The summed E-state index contributed by atoms with van der Waals surface area (Å²) in [6.45, 7) is 0.369. The molecule has 0 aliphatic rings. The van der Waals surface area contributed by atoms with Gasteiger partial charge in [-0.3, -0.25) is 4.79 Å². The summed E-state index contributed by atoms with van der Waals surface area (Å²) in [4.78, 5) is 23.1. The van der Waals surface area contributed by atoms with Crippen molar-refractivity contribution in [1.82, 2.24) is 5.43 Å². The molecule has 0 atom stereocenters. The molecule has 1 amide bonds. The molecule has 0 aliphatic carbocycles. The van der Waals surface area contributed by atoms with Gasteiger partial charge < -0.3 is 13.9 Å². The van der Waals surface area contributed by atoms with E-state index in [1.54, 1.807) is 36.4 Å². The number of amides is 1. The fourth-order valence-corrected chi connectivity index (χ4v) is 2.30. The first-order chi connectivity index (χ1) is 13.7. The minimum Gasteiger partial charge on any atom is -0.489 e. The second kappa shape index (κ2) is 9.18. The van der Waals surface area contributed by atoms with Crippen LogP contribution in [-0.4, -0.2) is 25.2 Å². The van der Waals surface area contributed by atoms with Gasteiger partial charge in [-0.15, -0.1) is 0 Å². The van der Waals surface area contributed by atoms with Crippen LogP contribution in [0.5, 0.6) is 5.75 Å². The minimum absolute atomic E-state index is 0.195. The lowest BCUT2D eigenvalue weighted by Crippen LogP contribution is -2.16. The lowest BCUT2D eigenvalue weighted by Gasteiger charge is -2.07. The Morgan fingerprint density at radius 2 is 1.82 bits per heavy atom. The zero-order valence-corrected chi connectivity index (χ0v) is 15.1. The first-order valence-electron chi connectivity index (χ1n) is 8.43. The second-order valence-corrected chi connectivity index (χ2v) is 5.72. The molecule has 0 fully saturated rings. The molecule has 142 valence electrons. The lowest BCUT2D eigenvalue weighted by atomic mass is 10.1. The van der Waals surface area contributed by atoms with Crippen molar-refractivity contribution in [3.8, 4) is 5.75 Å². The van der Waals surface area contributed by atoms with Crippen molar-refractivity contribution in [2.24, 2.45) is 5.10 Å². The number of carbonyl (C=O) groups is 2. The van der Waals surface area contributed by atoms with Gasteiger partial charge in [0.25, 0.3) is 0 Å². The lowest BCUT2D eigenvalue weighted by molar-refractivity contribution is 0.0600. The van der Waals surface area contributed by atoms with E-state index in [1.165, 1.54) is 19.6 Å². The summed E-state index contributed by atoms with van der Waals surface area (Å²) >= 11 is 0. The predicted octanol–water partition coefficient (Wildman–Crippen LogP) is 3.41. The van der Waals surface area contributed by atoms with E-state index < -0.39 is 5.91 Å². The third-order valence-electron chi connectivity index (χ3n) is 3.79. The Morgan fingerprint density at radius 1 is 1.07 bits per heavy atom. The summed E-state index contributed by atoms with van der Waals surface area (Å²) in [5, 5.41) is 3.89. The first-order valence-corrected chi connectivity index (χ1v) is 8.43. The predicted molar refractivity (Wildman–Crippen MR) is 102 cm³/mol. The van der Waals surface area contributed by atoms with Crippen LogP contribution in [0.4, 0.5) is 0 Å². The molecule has 1 N–H and O–H groups in total. The number of methoxy groups -OCH3 is 1. The molecular formula is C21H18N2O5. The molecular weight excluding hydrogens is 360 g/mol. The zero-order valence-electron chi connectivity index (χ0n) is 15.1. The van der Waals surface area contributed by atoms with Crippen LogP contribution in [-0.2, 0) is 11.3 Å². The van der Waals surface area contributed by atoms with Crippen LogP contribution in [0.1, 0.15) is 32.0 Å². The molecule has 3 rings (SSSR count). The van der Waals surface area contributed by atoms with Crippen LogP contribution < -0.4 is 10.2 Å². The largest absolute Gasteiger partial charge is 0.489 e. The topological polar surface area (TPSA) is 90.1 Å². The number of hydrogen-bond acceptors (Lipinski definition) is 6. The van der Waals surface area contributed by atoms with Crippen LogP contribution in [0.25, 0.3) is 0 Å². The van der Waals surface area contributed by atoms with Gasteiger partial charge in [0.1, 0.15) is 12.4 Å². The van der Waals surface area contributed by atoms with E-state index in [-0.39, 0.29) is 11.7 Å². The Bertz CT molecular complexity index is 945. The molecule has 28 heavy (non-hydrogen) atoms. The van der Waals surface area contributed by atoms with Gasteiger partial charge in [-0.1, -0.05) is 12.1 Å². The van der Waals surface area contributed by atoms with E-state index in [1.807, 2.05) is 24.3 Å². The molecule has 1 heterocycles. The fraction of sp³-hybridized carbons (Fsp3) is 0.0952. The number of rotatable bonds is 7. The number of nitrogens with zero attached hydrogens (tertiary/aromatic N) is 1. The minimum atomic E-state index is -0.417. The van der Waals surface area contributed by atoms with E-state index >= 15 is 0 Å². The van der Waals surface area contributed by atoms with Gasteiger partial charge in [0.05, 0.1) is 25.2 Å². The average molecular weight is 378 g/mol. The summed E-state index contributed by atoms with van der Waals surface area (Å²) in [6.07, 6.45) is 2.95. The van der Waals surface area contributed by atoms with Gasteiger partial charge in [0.15, 0.2) is 5.76 Å². The third-order valence-corrected chi connectivity index (χ3v) is 3.79. The molecule has 0 aliphatic heterocycles. The second-order valence-electron chi connectivity index (χ2n) is 5.72. The summed E-state index contributed by atoms with van der Waals surface area (Å²) in [5.41, 5.74) is 4.61. The molecule has 0 saturated carbocycles. The highest BCUT2D eigenvalue weighted by molar-refractivity contribution is 5.92. The summed E-state index contributed by atoms with van der Waals surface area (Å²) in [6, 6.07) is 17.4. The Morgan fingerprint density at radius 3 is 2.46 bits per heavy atom. The number of nitrogens with one attached hydrogen (secondary N) is 1. The molecule has 3 aromatic rings. The number of benzene rings is 2. The first kappa shape index (κ1) is 18.9. The maximum absolute atomic E-state index is 11.7. The van der Waals surface area contributed by atoms with Gasteiger partial charge in [-0.25, -0.2) is 10.2 Å². The van der Waals surface area contributed by atoms with Crippen LogP contribution >= 0.6 is 0 Å². The number of furan rings is 1. The molecule has 7 heteroatoms. The highest BCUT2D eigenvalue weighted by Gasteiger charge is 2.06. The van der Waals surface area contributed by atoms with Crippen molar-refractivity contribution in [1.29, 1.82) is 0 Å². The number of hydrazone groups is 1. The highest BCUT2D eigenvalue weighted by atomic mass is 16.5. The Kier molecular flexibility index (Phi) is 6.20. The van der Waals surface area contributed by atoms with E-state index in [4.69, 9.17) is 9.15 Å². The average Bonchev–Trinajstić information content (AvgIpc) is 3.28. The number of ether oxygens (including phenoxy) is 2. The number of esters is 1. The van der Waals surface area contributed by atoms with Gasteiger partial charge in [-0.05, 0) is 59.7 Å². The monoisotopic (exact) mass is 378 g/mol. The maximum atomic E-state index is 11.7. The number of hydrogen-bond donors (Lipinski definition) is 1. The summed E-state index contributed by atoms with van der Waals surface area (Å²) in [7, 11) is 1.35. The quantitative estimate of drug-likeness (QED) is 0.387. The third kappa shape index (κ3) is 5.07. The van der Waals surface area contributed by atoms with Gasteiger partial charge in [-0.2, -0.15) is 5.10 Å². The Hall–Kier alpha value is -3.87. The molecule has 7 nitrogen and oxygen atoms in total. The fourth-order valence-electron chi connectivity index (χ4n) is 2.30. The van der Waals surface area contributed by atoms with Gasteiger partial charge in [0, 0.05) is 0 Å². The van der Waals surface area contributed by atoms with Gasteiger partial charge >= 0.3 is 11.9 Å². The van der Waals surface area contributed by atoms with Crippen LogP contribution in [0, 0.1) is 0 Å².